The third-order valence-corrected chi connectivity index (χ3v) is 4.38. The minimum Gasteiger partial charge on any atom is -0.324 e. The van der Waals surface area contributed by atoms with Crippen molar-refractivity contribution in [2.24, 2.45) is 5.73 Å². The molecule has 0 saturated carbocycles. The lowest BCUT2D eigenvalue weighted by Crippen LogP contribution is -2.13. The van der Waals surface area contributed by atoms with Gasteiger partial charge < -0.3 is 5.73 Å². The lowest BCUT2D eigenvalue weighted by atomic mass is 9.98. The van der Waals surface area contributed by atoms with Gasteiger partial charge in [0.05, 0.1) is 15.6 Å². The summed E-state index contributed by atoms with van der Waals surface area (Å²) in [4.78, 5) is 4.31. The maximum absolute atomic E-state index is 6.31. The van der Waals surface area contributed by atoms with E-state index in [1.54, 1.807) is 12.3 Å². The van der Waals surface area contributed by atoms with Gasteiger partial charge in [-0.2, -0.15) is 0 Å². The van der Waals surface area contributed by atoms with Gasteiger partial charge in [0, 0.05) is 17.6 Å². The van der Waals surface area contributed by atoms with E-state index in [-0.39, 0.29) is 6.04 Å². The van der Waals surface area contributed by atoms with E-state index in [2.05, 4.69) is 11.1 Å². The molecule has 1 aromatic heterocycles. The highest BCUT2D eigenvalue weighted by molar-refractivity contribution is 6.42. The van der Waals surface area contributed by atoms with E-state index in [0.717, 1.165) is 22.0 Å². The van der Waals surface area contributed by atoms with Crippen molar-refractivity contribution in [3.63, 3.8) is 0 Å². The van der Waals surface area contributed by atoms with Crippen LogP contribution in [0.4, 0.5) is 0 Å². The van der Waals surface area contributed by atoms with E-state index in [1.807, 2.05) is 36.4 Å². The average molecular weight is 317 g/mol. The van der Waals surface area contributed by atoms with E-state index in [9.17, 15) is 0 Å². The summed E-state index contributed by atoms with van der Waals surface area (Å²) in [6.07, 6.45) is 2.43. The molecule has 0 amide bonds. The molecule has 0 aliphatic heterocycles. The van der Waals surface area contributed by atoms with E-state index in [0.29, 0.717) is 16.5 Å². The Hall–Kier alpha value is -1.61. The van der Waals surface area contributed by atoms with Crippen LogP contribution in [0.2, 0.25) is 10.0 Å². The molecule has 0 spiro atoms. The van der Waals surface area contributed by atoms with Crippen LogP contribution in [0.25, 0.3) is 10.9 Å². The van der Waals surface area contributed by atoms with Crippen LogP contribution < -0.4 is 5.73 Å². The molecule has 1 heterocycles. The predicted molar refractivity (Wildman–Crippen MR) is 88.8 cm³/mol. The SMILES string of the molecule is NC(Cc1cccc(Cl)c1Cl)c1ccc2ncccc2c1. The van der Waals surface area contributed by atoms with Crippen LogP contribution in [0.15, 0.2) is 54.7 Å². The first kappa shape index (κ1) is 14.3. The normalized spacial score (nSPS) is 12.5. The maximum Gasteiger partial charge on any atom is 0.0702 e. The first-order valence-electron chi connectivity index (χ1n) is 6.68. The molecule has 0 radical (unpaired) electrons. The number of pyridine rings is 1. The summed E-state index contributed by atoms with van der Waals surface area (Å²) in [5.74, 6) is 0. The van der Waals surface area contributed by atoms with Gasteiger partial charge in [-0.05, 0) is 41.8 Å². The molecule has 0 fully saturated rings. The Morgan fingerprint density at radius 1 is 1.05 bits per heavy atom. The average Bonchev–Trinajstić information content (AvgIpc) is 2.51. The van der Waals surface area contributed by atoms with Crippen LogP contribution in [0.5, 0.6) is 0 Å². The topological polar surface area (TPSA) is 38.9 Å². The molecule has 2 N–H and O–H groups in total. The van der Waals surface area contributed by atoms with Crippen LogP contribution >= 0.6 is 23.2 Å². The van der Waals surface area contributed by atoms with E-state index in [1.165, 1.54) is 0 Å². The van der Waals surface area contributed by atoms with Crippen LogP contribution in [0.1, 0.15) is 17.2 Å². The van der Waals surface area contributed by atoms with Gasteiger partial charge in [-0.1, -0.05) is 47.5 Å². The van der Waals surface area contributed by atoms with Crippen LogP contribution in [-0.4, -0.2) is 4.98 Å². The molecule has 21 heavy (non-hydrogen) atoms. The molecule has 1 atom stereocenters. The molecule has 0 aliphatic carbocycles. The van der Waals surface area contributed by atoms with Crippen molar-refractivity contribution in [1.29, 1.82) is 0 Å². The molecule has 1 unspecified atom stereocenters. The Balaban J connectivity index is 1.89. The van der Waals surface area contributed by atoms with Crippen molar-refractivity contribution in [3.05, 3.63) is 75.9 Å². The van der Waals surface area contributed by atoms with E-state index < -0.39 is 0 Å². The summed E-state index contributed by atoms with van der Waals surface area (Å²) in [5, 5.41) is 2.23. The summed E-state index contributed by atoms with van der Waals surface area (Å²) in [6, 6.07) is 15.5. The fourth-order valence-corrected chi connectivity index (χ4v) is 2.78. The minimum atomic E-state index is -0.134. The predicted octanol–water partition coefficient (Wildman–Crippen LogP) is 4.78. The molecule has 4 heteroatoms. The van der Waals surface area contributed by atoms with Gasteiger partial charge in [-0.25, -0.2) is 0 Å². The fraction of sp³-hybridized carbons (Fsp3) is 0.118. The zero-order valence-corrected chi connectivity index (χ0v) is 12.8. The molecular formula is C17H14Cl2N2. The number of nitrogens with zero attached hydrogens (tertiary/aromatic N) is 1. The highest BCUT2D eigenvalue weighted by Crippen LogP contribution is 2.29. The zero-order chi connectivity index (χ0) is 14.8. The lowest BCUT2D eigenvalue weighted by Gasteiger charge is -2.14. The smallest absolute Gasteiger partial charge is 0.0702 e. The van der Waals surface area contributed by atoms with Crippen LogP contribution in [0, 0.1) is 0 Å². The summed E-state index contributed by atoms with van der Waals surface area (Å²) in [7, 11) is 0. The molecule has 2 nitrogen and oxygen atoms in total. The van der Waals surface area contributed by atoms with Gasteiger partial charge in [0.2, 0.25) is 0 Å². The second-order valence-corrected chi connectivity index (χ2v) is 5.76. The van der Waals surface area contributed by atoms with Gasteiger partial charge in [0.15, 0.2) is 0 Å². The van der Waals surface area contributed by atoms with Crippen LogP contribution in [0.3, 0.4) is 0 Å². The van der Waals surface area contributed by atoms with Crippen molar-refractivity contribution in [3.8, 4) is 0 Å². The van der Waals surface area contributed by atoms with Gasteiger partial charge in [-0.3, -0.25) is 4.98 Å². The first-order chi connectivity index (χ1) is 10.1. The minimum absolute atomic E-state index is 0.134. The summed E-state index contributed by atoms with van der Waals surface area (Å²) < 4.78 is 0. The van der Waals surface area contributed by atoms with Crippen molar-refractivity contribution in [2.45, 2.75) is 12.5 Å². The number of aromatic nitrogens is 1. The summed E-state index contributed by atoms with van der Waals surface area (Å²) >= 11 is 12.3. The Labute approximate surface area is 133 Å². The number of hydrogen-bond donors (Lipinski definition) is 1. The Kier molecular flexibility index (Phi) is 4.11. The summed E-state index contributed by atoms with van der Waals surface area (Å²) in [6.45, 7) is 0. The van der Waals surface area contributed by atoms with E-state index >= 15 is 0 Å². The van der Waals surface area contributed by atoms with Crippen LogP contribution in [-0.2, 0) is 6.42 Å². The zero-order valence-electron chi connectivity index (χ0n) is 11.3. The molecule has 0 aliphatic rings. The second-order valence-electron chi connectivity index (χ2n) is 4.98. The second kappa shape index (κ2) is 6.02. The number of fused-ring (bicyclic) bond motifs is 1. The quantitative estimate of drug-likeness (QED) is 0.755. The molecule has 3 rings (SSSR count). The monoisotopic (exact) mass is 316 g/mol. The molecule has 2 aromatic carbocycles. The Morgan fingerprint density at radius 2 is 1.90 bits per heavy atom. The van der Waals surface area contributed by atoms with Crippen molar-refractivity contribution in [1.82, 2.24) is 4.98 Å². The highest BCUT2D eigenvalue weighted by Gasteiger charge is 2.12. The Morgan fingerprint density at radius 3 is 2.76 bits per heavy atom. The largest absolute Gasteiger partial charge is 0.324 e. The molecule has 0 bridgehead atoms. The molecule has 0 saturated heterocycles. The molecule has 106 valence electrons. The third-order valence-electron chi connectivity index (χ3n) is 3.53. The third kappa shape index (κ3) is 3.03. The molecular weight excluding hydrogens is 303 g/mol. The number of halogens is 2. The van der Waals surface area contributed by atoms with Crippen molar-refractivity contribution in [2.75, 3.05) is 0 Å². The van der Waals surface area contributed by atoms with Crippen molar-refractivity contribution >= 4 is 34.1 Å². The standard InChI is InChI=1S/C17H14Cl2N2/c18-14-5-1-3-13(17(14)19)10-15(20)11-6-7-16-12(9-11)4-2-8-21-16/h1-9,15H,10,20H2. The Bertz CT molecular complexity index is 787. The number of nitrogens with two attached hydrogens (primary N) is 1. The van der Waals surface area contributed by atoms with Gasteiger partial charge in [-0.15, -0.1) is 0 Å². The summed E-state index contributed by atoms with van der Waals surface area (Å²) in [5.41, 5.74) is 9.30. The van der Waals surface area contributed by atoms with E-state index in [4.69, 9.17) is 28.9 Å². The highest BCUT2D eigenvalue weighted by atomic mass is 35.5. The lowest BCUT2D eigenvalue weighted by molar-refractivity contribution is 0.723. The van der Waals surface area contributed by atoms with Gasteiger partial charge >= 0.3 is 0 Å². The number of rotatable bonds is 3. The fourth-order valence-electron chi connectivity index (χ4n) is 2.39. The van der Waals surface area contributed by atoms with Gasteiger partial charge in [0.25, 0.3) is 0 Å². The first-order valence-corrected chi connectivity index (χ1v) is 7.44. The maximum atomic E-state index is 6.31. The number of hydrogen-bond acceptors (Lipinski definition) is 2. The number of benzene rings is 2. The van der Waals surface area contributed by atoms with Gasteiger partial charge in [0.1, 0.15) is 0 Å². The van der Waals surface area contributed by atoms with Crippen molar-refractivity contribution < 1.29 is 0 Å². The molecule has 3 aromatic rings.